The number of esters is 1. The van der Waals surface area contributed by atoms with Crippen LogP contribution >= 0.6 is 0 Å². The van der Waals surface area contributed by atoms with Gasteiger partial charge in [-0.3, -0.25) is 9.59 Å². The molecule has 19 heavy (non-hydrogen) atoms. The summed E-state index contributed by atoms with van der Waals surface area (Å²) in [5, 5.41) is 3.90. The molecule has 0 bridgehead atoms. The lowest BCUT2D eigenvalue weighted by atomic mass is 10.3. The monoisotopic (exact) mass is 267 g/mol. The van der Waals surface area contributed by atoms with E-state index in [1.165, 1.54) is 23.7 Å². The molecule has 1 rings (SSSR count). The normalized spacial score (nSPS) is 11.9. The smallest absolute Gasteiger partial charge is 0.359 e. The fraction of sp³-hybridized carbons (Fsp3) is 0.500. The highest BCUT2D eigenvalue weighted by Crippen LogP contribution is 2.00. The predicted molar refractivity (Wildman–Crippen MR) is 67.5 cm³/mol. The van der Waals surface area contributed by atoms with E-state index >= 15 is 0 Å². The van der Waals surface area contributed by atoms with Crippen molar-refractivity contribution in [2.45, 2.75) is 39.3 Å². The summed E-state index contributed by atoms with van der Waals surface area (Å²) < 4.78 is 6.01. The van der Waals surface area contributed by atoms with Crippen molar-refractivity contribution in [1.82, 2.24) is 9.78 Å². The van der Waals surface area contributed by atoms with Crippen LogP contribution in [0.15, 0.2) is 16.9 Å². The van der Waals surface area contributed by atoms with Gasteiger partial charge in [-0.05, 0) is 19.4 Å². The van der Waals surface area contributed by atoms with Gasteiger partial charge in [0.15, 0.2) is 11.8 Å². The van der Waals surface area contributed by atoms with Crippen molar-refractivity contribution in [3.63, 3.8) is 0 Å². The lowest BCUT2D eigenvalue weighted by Gasteiger charge is -2.10. The summed E-state index contributed by atoms with van der Waals surface area (Å²) in [5.74, 6) is -1.52. The second kappa shape index (κ2) is 6.67. The number of ether oxygens (including phenoxy) is 1. The number of rotatable bonds is 6. The van der Waals surface area contributed by atoms with Crippen LogP contribution in [0, 0.1) is 0 Å². The van der Waals surface area contributed by atoms with Crippen LogP contribution in [0.4, 0.5) is 0 Å². The first kappa shape index (κ1) is 14.9. The lowest BCUT2D eigenvalue weighted by molar-refractivity contribution is -0.125. The Labute approximate surface area is 110 Å². The van der Waals surface area contributed by atoms with E-state index in [0.717, 1.165) is 12.8 Å². The number of hydrogen-bond acceptors (Lipinski definition) is 5. The quantitative estimate of drug-likeness (QED) is 0.735. The van der Waals surface area contributed by atoms with E-state index in [1.807, 2.05) is 6.92 Å². The number of hydrogen-bond donors (Lipinski definition) is 1. The van der Waals surface area contributed by atoms with Gasteiger partial charge in [0.1, 0.15) is 0 Å². The Morgan fingerprint density at radius 3 is 2.74 bits per heavy atom. The number of primary amides is 1. The number of amides is 1. The summed E-state index contributed by atoms with van der Waals surface area (Å²) in [6.07, 6.45) is 0.648. The van der Waals surface area contributed by atoms with Crippen molar-refractivity contribution >= 4 is 11.9 Å². The van der Waals surface area contributed by atoms with Gasteiger partial charge in [-0.15, -0.1) is 0 Å². The van der Waals surface area contributed by atoms with Crippen molar-refractivity contribution in [3.8, 4) is 0 Å². The van der Waals surface area contributed by atoms with Crippen LogP contribution in [0.25, 0.3) is 0 Å². The molecule has 1 heterocycles. The van der Waals surface area contributed by atoms with Crippen LogP contribution < -0.4 is 11.3 Å². The van der Waals surface area contributed by atoms with Crippen LogP contribution in [0.5, 0.6) is 0 Å². The van der Waals surface area contributed by atoms with Gasteiger partial charge in [-0.25, -0.2) is 9.48 Å². The van der Waals surface area contributed by atoms with Crippen LogP contribution in [0.2, 0.25) is 0 Å². The molecule has 0 aliphatic rings. The summed E-state index contributed by atoms with van der Waals surface area (Å²) in [6, 6.07) is 2.51. The Kier molecular flexibility index (Phi) is 5.23. The summed E-state index contributed by atoms with van der Waals surface area (Å²) in [5.41, 5.74) is 4.68. The first-order valence-electron chi connectivity index (χ1n) is 6.04. The molecular weight excluding hydrogens is 250 g/mol. The van der Waals surface area contributed by atoms with E-state index in [-0.39, 0.29) is 11.3 Å². The number of unbranched alkanes of at least 4 members (excludes halogenated alkanes) is 1. The zero-order valence-electron chi connectivity index (χ0n) is 11.0. The zero-order valence-corrected chi connectivity index (χ0v) is 11.0. The van der Waals surface area contributed by atoms with Gasteiger partial charge in [0, 0.05) is 12.6 Å². The molecule has 1 atom stereocenters. The number of nitrogens with two attached hydrogens (primary N) is 1. The average molecular weight is 267 g/mol. The molecule has 0 spiro atoms. The molecule has 0 aromatic carbocycles. The van der Waals surface area contributed by atoms with Gasteiger partial charge in [0.2, 0.25) is 0 Å². The van der Waals surface area contributed by atoms with Crippen LogP contribution in [-0.2, 0) is 16.1 Å². The number of carbonyl (C=O) groups is 2. The van der Waals surface area contributed by atoms with E-state index in [2.05, 4.69) is 5.10 Å². The van der Waals surface area contributed by atoms with E-state index in [9.17, 15) is 14.4 Å². The molecule has 0 saturated carbocycles. The summed E-state index contributed by atoms with van der Waals surface area (Å²) in [7, 11) is 0. The number of aryl methyl sites for hydroxylation is 1. The minimum Gasteiger partial charge on any atom is -0.448 e. The summed E-state index contributed by atoms with van der Waals surface area (Å²) in [4.78, 5) is 34.0. The molecule has 0 aliphatic carbocycles. The zero-order chi connectivity index (χ0) is 14.4. The minimum atomic E-state index is -1.04. The molecule has 1 aromatic rings. The highest BCUT2D eigenvalue weighted by Gasteiger charge is 2.17. The van der Waals surface area contributed by atoms with Gasteiger partial charge >= 0.3 is 5.97 Å². The fourth-order valence-corrected chi connectivity index (χ4v) is 1.30. The van der Waals surface area contributed by atoms with Gasteiger partial charge in [-0.2, -0.15) is 5.10 Å². The van der Waals surface area contributed by atoms with Crippen molar-refractivity contribution < 1.29 is 14.3 Å². The van der Waals surface area contributed by atoms with Crippen molar-refractivity contribution in [1.29, 1.82) is 0 Å². The fourth-order valence-electron chi connectivity index (χ4n) is 1.30. The standard InChI is InChI=1S/C12H17N3O4/c1-3-4-7-15-10(16)6-5-9(14-15)12(18)19-8(2)11(13)17/h5-6,8H,3-4,7H2,1-2H3,(H2,13,17)/t8-/m1/s1. The molecule has 1 aromatic heterocycles. The molecule has 2 N–H and O–H groups in total. The Balaban J connectivity index is 2.86. The highest BCUT2D eigenvalue weighted by molar-refractivity contribution is 5.90. The highest BCUT2D eigenvalue weighted by atomic mass is 16.5. The third-order valence-corrected chi connectivity index (χ3v) is 2.48. The van der Waals surface area contributed by atoms with Gasteiger partial charge in [0.05, 0.1) is 0 Å². The van der Waals surface area contributed by atoms with Gasteiger partial charge in [0.25, 0.3) is 11.5 Å². The van der Waals surface area contributed by atoms with Crippen LogP contribution in [0.1, 0.15) is 37.2 Å². The second-order valence-electron chi connectivity index (χ2n) is 4.08. The van der Waals surface area contributed by atoms with Crippen LogP contribution in [-0.4, -0.2) is 27.8 Å². The largest absolute Gasteiger partial charge is 0.448 e. The first-order chi connectivity index (χ1) is 8.95. The number of carbonyl (C=O) groups excluding carboxylic acids is 2. The van der Waals surface area contributed by atoms with E-state index in [4.69, 9.17) is 10.5 Å². The predicted octanol–water partition coefficient (Wildman–Crippen LogP) is 0.0740. The molecule has 7 nitrogen and oxygen atoms in total. The van der Waals surface area contributed by atoms with E-state index in [1.54, 1.807) is 0 Å². The molecule has 0 aliphatic heterocycles. The van der Waals surface area contributed by atoms with Crippen molar-refractivity contribution in [2.75, 3.05) is 0 Å². The Morgan fingerprint density at radius 2 is 2.16 bits per heavy atom. The average Bonchev–Trinajstić information content (AvgIpc) is 2.37. The number of aromatic nitrogens is 2. The molecule has 0 saturated heterocycles. The molecule has 7 heteroatoms. The third-order valence-electron chi connectivity index (χ3n) is 2.48. The van der Waals surface area contributed by atoms with Gasteiger partial charge < -0.3 is 10.5 Å². The lowest BCUT2D eigenvalue weighted by Crippen LogP contribution is -2.32. The Morgan fingerprint density at radius 1 is 1.47 bits per heavy atom. The first-order valence-corrected chi connectivity index (χ1v) is 6.04. The van der Waals surface area contributed by atoms with E-state index < -0.39 is 18.0 Å². The molecular formula is C12H17N3O4. The van der Waals surface area contributed by atoms with Gasteiger partial charge in [-0.1, -0.05) is 13.3 Å². The summed E-state index contributed by atoms with van der Waals surface area (Å²) in [6.45, 7) is 3.78. The number of nitrogens with zero attached hydrogens (tertiary/aromatic N) is 2. The van der Waals surface area contributed by atoms with Crippen molar-refractivity contribution in [2.24, 2.45) is 5.73 Å². The Hall–Kier alpha value is -2.18. The SMILES string of the molecule is CCCCn1nc(C(=O)O[C@H](C)C(N)=O)ccc1=O. The molecule has 0 fully saturated rings. The minimum absolute atomic E-state index is 0.0243. The molecule has 0 radical (unpaired) electrons. The second-order valence-corrected chi connectivity index (χ2v) is 4.08. The maximum absolute atomic E-state index is 11.7. The topological polar surface area (TPSA) is 104 Å². The molecule has 0 unspecified atom stereocenters. The maximum atomic E-state index is 11.7. The summed E-state index contributed by atoms with van der Waals surface area (Å²) >= 11 is 0. The third kappa shape index (κ3) is 4.20. The maximum Gasteiger partial charge on any atom is 0.359 e. The van der Waals surface area contributed by atoms with E-state index in [0.29, 0.717) is 6.54 Å². The molecule has 104 valence electrons. The van der Waals surface area contributed by atoms with Crippen molar-refractivity contribution in [3.05, 3.63) is 28.2 Å². The Bertz CT molecular complexity index is 524. The van der Waals surface area contributed by atoms with Crippen LogP contribution in [0.3, 0.4) is 0 Å². The molecule has 1 amide bonds.